The van der Waals surface area contributed by atoms with Gasteiger partial charge in [-0.2, -0.15) is 0 Å². The largest absolute Gasteiger partial charge is 0.388 e. The molecule has 0 saturated heterocycles. The highest BCUT2D eigenvalue weighted by Gasteiger charge is 2.13. The van der Waals surface area contributed by atoms with Crippen LogP contribution in [0.1, 0.15) is 0 Å². The summed E-state index contributed by atoms with van der Waals surface area (Å²) in [6.07, 6.45) is 0. The topological polar surface area (TPSA) is 62.7 Å². The predicted octanol–water partition coefficient (Wildman–Crippen LogP) is 8.29. The lowest BCUT2D eigenvalue weighted by molar-refractivity contribution is 1.07. The van der Waals surface area contributed by atoms with Crippen molar-refractivity contribution in [2.24, 2.45) is 0 Å². The van der Waals surface area contributed by atoms with E-state index in [0.29, 0.717) is 17.5 Å². The Morgan fingerprint density at radius 2 is 0.700 bits per heavy atom. The number of nitrogens with one attached hydrogen (secondary N) is 2. The van der Waals surface area contributed by atoms with Gasteiger partial charge in [-0.1, -0.05) is 103 Å². The van der Waals surface area contributed by atoms with Gasteiger partial charge in [0.1, 0.15) is 0 Å². The first-order valence-corrected chi connectivity index (χ1v) is 13.3. The normalized spacial score (nSPS) is 10.8. The van der Waals surface area contributed by atoms with Crippen LogP contribution in [0.3, 0.4) is 0 Å². The Kier molecular flexibility index (Phi) is 7.01. The molecular formula is C35H29N5. The van der Waals surface area contributed by atoms with Gasteiger partial charge in [0.2, 0.25) is 0 Å². The number of hydrogen-bond acceptors (Lipinski definition) is 5. The first kappa shape index (κ1) is 25.0. The molecule has 0 unspecified atom stereocenters. The summed E-state index contributed by atoms with van der Waals surface area (Å²) in [5.74, 6) is 1.94. The second-order valence-electron chi connectivity index (χ2n) is 9.49. The molecule has 0 aliphatic heterocycles. The number of aromatic nitrogens is 3. The van der Waals surface area contributed by atoms with Crippen molar-refractivity contribution >= 4 is 11.4 Å². The van der Waals surface area contributed by atoms with E-state index in [-0.39, 0.29) is 0 Å². The fourth-order valence-corrected chi connectivity index (χ4v) is 4.68. The van der Waals surface area contributed by atoms with Crippen LogP contribution in [0.2, 0.25) is 0 Å². The van der Waals surface area contributed by atoms with E-state index in [1.165, 1.54) is 0 Å². The SMILES string of the molecule is CNc1cccc(-c2ccc(-c3nc(-c4ccccc4)nc(-c4ccc(-c5cccc(NC)c5)cc4)n3)cc2)c1. The number of nitrogens with zero attached hydrogens (tertiary/aromatic N) is 3. The molecule has 0 amide bonds. The maximum atomic E-state index is 4.92. The quantitative estimate of drug-likeness (QED) is 0.222. The van der Waals surface area contributed by atoms with Gasteiger partial charge in [-0.15, -0.1) is 0 Å². The van der Waals surface area contributed by atoms with Gasteiger partial charge in [-0.25, -0.2) is 15.0 Å². The summed E-state index contributed by atoms with van der Waals surface area (Å²) >= 11 is 0. The van der Waals surface area contributed by atoms with E-state index in [1.807, 2.05) is 44.4 Å². The van der Waals surface area contributed by atoms with Crippen LogP contribution in [0, 0.1) is 0 Å². The van der Waals surface area contributed by atoms with E-state index in [9.17, 15) is 0 Å². The van der Waals surface area contributed by atoms with E-state index < -0.39 is 0 Å². The number of hydrogen-bond donors (Lipinski definition) is 2. The van der Waals surface area contributed by atoms with E-state index in [4.69, 9.17) is 15.0 Å². The third kappa shape index (κ3) is 5.31. The summed E-state index contributed by atoms with van der Waals surface area (Å²) in [4.78, 5) is 14.7. The van der Waals surface area contributed by atoms with Crippen LogP contribution in [0.5, 0.6) is 0 Å². The number of anilines is 2. The number of rotatable bonds is 7. The number of benzene rings is 5. The standard InChI is InChI=1S/C35H29N5/c1-36-31-12-6-10-29(22-31)24-14-18-27(19-15-24)34-38-33(26-8-4-3-5-9-26)39-35(40-34)28-20-16-25(17-21-28)30-11-7-13-32(23-30)37-2/h3-23,36-37H,1-2H3. The predicted molar refractivity (Wildman–Crippen MR) is 166 cm³/mol. The molecule has 6 rings (SSSR count). The fourth-order valence-electron chi connectivity index (χ4n) is 4.68. The Morgan fingerprint density at radius 1 is 0.350 bits per heavy atom. The molecule has 0 saturated carbocycles. The molecule has 40 heavy (non-hydrogen) atoms. The highest BCUT2D eigenvalue weighted by Crippen LogP contribution is 2.29. The molecule has 5 nitrogen and oxygen atoms in total. The van der Waals surface area contributed by atoms with Gasteiger partial charge in [0.05, 0.1) is 0 Å². The van der Waals surface area contributed by atoms with Crippen LogP contribution in [-0.4, -0.2) is 29.0 Å². The van der Waals surface area contributed by atoms with Crippen molar-refractivity contribution in [2.45, 2.75) is 0 Å². The third-order valence-electron chi connectivity index (χ3n) is 6.92. The van der Waals surface area contributed by atoms with Crippen molar-refractivity contribution in [3.8, 4) is 56.4 Å². The molecule has 0 radical (unpaired) electrons. The Bertz CT molecular complexity index is 1640. The fraction of sp³-hybridized carbons (Fsp3) is 0.0571. The molecule has 0 fully saturated rings. The monoisotopic (exact) mass is 519 g/mol. The summed E-state index contributed by atoms with van der Waals surface area (Å²) < 4.78 is 0. The first-order valence-electron chi connectivity index (χ1n) is 13.3. The molecule has 194 valence electrons. The maximum Gasteiger partial charge on any atom is 0.164 e. The van der Waals surface area contributed by atoms with Crippen molar-refractivity contribution in [1.82, 2.24) is 15.0 Å². The maximum absolute atomic E-state index is 4.92. The summed E-state index contributed by atoms with van der Waals surface area (Å²) in [5, 5.41) is 6.41. The zero-order valence-electron chi connectivity index (χ0n) is 22.5. The van der Waals surface area contributed by atoms with Crippen LogP contribution < -0.4 is 10.6 Å². The van der Waals surface area contributed by atoms with Crippen molar-refractivity contribution in [1.29, 1.82) is 0 Å². The van der Waals surface area contributed by atoms with Crippen LogP contribution in [0.4, 0.5) is 11.4 Å². The zero-order chi connectivity index (χ0) is 27.3. The molecule has 2 N–H and O–H groups in total. The molecule has 0 aliphatic carbocycles. The van der Waals surface area contributed by atoms with Crippen LogP contribution in [0.15, 0.2) is 127 Å². The minimum absolute atomic E-state index is 0.644. The molecular weight excluding hydrogens is 490 g/mol. The van der Waals surface area contributed by atoms with Crippen LogP contribution in [0.25, 0.3) is 56.4 Å². The Hall–Kier alpha value is -5.29. The van der Waals surface area contributed by atoms with Crippen molar-refractivity contribution in [3.05, 3.63) is 127 Å². The first-order chi connectivity index (χ1) is 19.7. The van der Waals surface area contributed by atoms with Crippen molar-refractivity contribution < 1.29 is 0 Å². The average Bonchev–Trinajstić information content (AvgIpc) is 3.05. The van der Waals surface area contributed by atoms with Crippen LogP contribution in [-0.2, 0) is 0 Å². The molecule has 5 aromatic carbocycles. The zero-order valence-corrected chi connectivity index (χ0v) is 22.5. The molecule has 0 aliphatic rings. The van der Waals surface area contributed by atoms with E-state index >= 15 is 0 Å². The Balaban J connectivity index is 1.38. The van der Waals surface area contributed by atoms with Gasteiger partial charge in [0.25, 0.3) is 0 Å². The smallest absolute Gasteiger partial charge is 0.164 e. The average molecular weight is 520 g/mol. The second kappa shape index (κ2) is 11.2. The lowest BCUT2D eigenvalue weighted by atomic mass is 10.0. The molecule has 0 spiro atoms. The molecule has 0 atom stereocenters. The molecule has 5 heteroatoms. The lowest BCUT2D eigenvalue weighted by Gasteiger charge is -2.10. The molecule has 1 heterocycles. The highest BCUT2D eigenvalue weighted by atomic mass is 15.0. The summed E-state index contributed by atoms with van der Waals surface area (Å²) in [6, 6.07) is 43.6. The van der Waals surface area contributed by atoms with Crippen LogP contribution >= 0.6 is 0 Å². The molecule has 0 bridgehead atoms. The molecule has 6 aromatic rings. The van der Waals surface area contributed by atoms with E-state index in [1.54, 1.807) is 0 Å². The lowest BCUT2D eigenvalue weighted by Crippen LogP contribution is -2.00. The minimum atomic E-state index is 0.644. The van der Waals surface area contributed by atoms with E-state index in [2.05, 4.69) is 108 Å². The van der Waals surface area contributed by atoms with Gasteiger partial charge in [-0.05, 0) is 46.5 Å². The Labute approximate surface area is 234 Å². The molecule has 1 aromatic heterocycles. The van der Waals surface area contributed by atoms with Crippen molar-refractivity contribution in [3.63, 3.8) is 0 Å². The van der Waals surface area contributed by atoms with Gasteiger partial charge < -0.3 is 10.6 Å². The van der Waals surface area contributed by atoms with Gasteiger partial charge in [0.15, 0.2) is 17.5 Å². The van der Waals surface area contributed by atoms with Gasteiger partial charge in [-0.3, -0.25) is 0 Å². The van der Waals surface area contributed by atoms with Crippen molar-refractivity contribution in [2.75, 3.05) is 24.7 Å². The minimum Gasteiger partial charge on any atom is -0.388 e. The highest BCUT2D eigenvalue weighted by molar-refractivity contribution is 5.74. The third-order valence-corrected chi connectivity index (χ3v) is 6.92. The Morgan fingerprint density at radius 3 is 1.10 bits per heavy atom. The van der Waals surface area contributed by atoms with Gasteiger partial charge >= 0.3 is 0 Å². The summed E-state index contributed by atoms with van der Waals surface area (Å²) in [7, 11) is 3.86. The summed E-state index contributed by atoms with van der Waals surface area (Å²) in [5.41, 5.74) is 9.57. The second-order valence-corrected chi connectivity index (χ2v) is 9.49. The summed E-state index contributed by atoms with van der Waals surface area (Å²) in [6.45, 7) is 0. The van der Waals surface area contributed by atoms with Gasteiger partial charge in [0, 0.05) is 42.2 Å². The van der Waals surface area contributed by atoms with E-state index in [0.717, 1.165) is 50.3 Å².